The first kappa shape index (κ1) is 16.9. The van der Waals surface area contributed by atoms with E-state index in [9.17, 15) is 4.79 Å². The van der Waals surface area contributed by atoms with Gasteiger partial charge >= 0.3 is 5.97 Å². The Kier molecular flexibility index (Phi) is 5.48. The molecule has 2 aromatic heterocycles. The Bertz CT molecular complexity index is 700. The average molecular weight is 329 g/mol. The maximum absolute atomic E-state index is 11.9. The average Bonchev–Trinajstić information content (AvgIpc) is 2.85. The zero-order valence-corrected chi connectivity index (χ0v) is 14.8. The summed E-state index contributed by atoms with van der Waals surface area (Å²) in [7, 11) is 0. The van der Waals surface area contributed by atoms with Crippen molar-refractivity contribution >= 4 is 11.6 Å². The summed E-state index contributed by atoms with van der Waals surface area (Å²) in [5.41, 5.74) is 3.31. The summed E-state index contributed by atoms with van der Waals surface area (Å²) in [4.78, 5) is 16.7. The highest BCUT2D eigenvalue weighted by molar-refractivity contribution is 5.88. The second-order valence-electron chi connectivity index (χ2n) is 6.67. The number of aryl methyl sites for hydroxylation is 1. The highest BCUT2D eigenvalue weighted by Gasteiger charge is 2.17. The number of esters is 1. The van der Waals surface area contributed by atoms with Crippen molar-refractivity contribution in [2.45, 2.75) is 65.2 Å². The molecule has 0 atom stereocenters. The molecule has 0 saturated heterocycles. The zero-order chi connectivity index (χ0) is 16.9. The number of fused-ring (bicyclic) bond motifs is 1. The van der Waals surface area contributed by atoms with Crippen molar-refractivity contribution in [1.82, 2.24) is 14.6 Å². The van der Waals surface area contributed by atoms with E-state index in [0.717, 1.165) is 35.8 Å². The Morgan fingerprint density at radius 1 is 1.21 bits per heavy atom. The zero-order valence-electron chi connectivity index (χ0n) is 14.8. The summed E-state index contributed by atoms with van der Waals surface area (Å²) in [6, 6.07) is 3.90. The molecule has 0 amide bonds. The summed E-state index contributed by atoms with van der Waals surface area (Å²) < 4.78 is 6.83. The third-order valence-corrected chi connectivity index (χ3v) is 4.87. The van der Waals surface area contributed by atoms with Crippen LogP contribution in [0.4, 0.5) is 0 Å². The largest absolute Gasteiger partial charge is 0.461 e. The lowest BCUT2D eigenvalue weighted by Gasteiger charge is -2.14. The molecule has 5 nitrogen and oxygen atoms in total. The van der Waals surface area contributed by atoms with Gasteiger partial charge in [0.05, 0.1) is 6.61 Å². The molecule has 3 rings (SSSR count). The molecule has 0 aromatic carbocycles. The molecule has 2 aromatic rings. The molecule has 0 spiro atoms. The van der Waals surface area contributed by atoms with Crippen molar-refractivity contribution in [3.05, 3.63) is 29.2 Å². The molecule has 1 aliphatic rings. The van der Waals surface area contributed by atoms with E-state index in [1.54, 1.807) is 17.5 Å². The minimum Gasteiger partial charge on any atom is -0.461 e. The first-order chi connectivity index (χ1) is 11.7. The number of carbonyl (C=O) groups is 1. The van der Waals surface area contributed by atoms with Gasteiger partial charge in [0.15, 0.2) is 11.3 Å². The van der Waals surface area contributed by atoms with Gasteiger partial charge < -0.3 is 4.74 Å². The standard InChI is InChI=1S/C19H27N3O2/c1-3-16-12-15(11-14-9-7-5-6-8-10-14)20-18-13-17(21-22(16)18)19(23)24-4-2/h12-14H,3-11H2,1-2H3. The number of carbonyl (C=O) groups excluding carboxylic acids is 1. The van der Waals surface area contributed by atoms with E-state index in [0.29, 0.717) is 12.3 Å². The summed E-state index contributed by atoms with van der Waals surface area (Å²) in [5.74, 6) is 0.356. The quantitative estimate of drug-likeness (QED) is 0.615. The Morgan fingerprint density at radius 3 is 2.62 bits per heavy atom. The number of nitrogens with zero attached hydrogens (tertiary/aromatic N) is 3. The fraction of sp³-hybridized carbons (Fsp3) is 0.632. The third kappa shape index (κ3) is 3.77. The van der Waals surface area contributed by atoms with Crippen molar-refractivity contribution in [3.63, 3.8) is 0 Å². The van der Waals surface area contributed by atoms with E-state index < -0.39 is 0 Å². The molecular weight excluding hydrogens is 302 g/mol. The Balaban J connectivity index is 1.87. The number of ether oxygens (including phenoxy) is 1. The van der Waals surface area contributed by atoms with E-state index in [2.05, 4.69) is 18.1 Å². The topological polar surface area (TPSA) is 56.5 Å². The first-order valence-corrected chi connectivity index (χ1v) is 9.27. The molecule has 0 unspecified atom stereocenters. The van der Waals surface area contributed by atoms with Gasteiger partial charge in [-0.2, -0.15) is 5.10 Å². The first-order valence-electron chi connectivity index (χ1n) is 9.27. The second kappa shape index (κ2) is 7.77. The van der Waals surface area contributed by atoms with Crippen LogP contribution in [0.2, 0.25) is 0 Å². The fourth-order valence-electron chi connectivity index (χ4n) is 3.62. The summed E-state index contributed by atoms with van der Waals surface area (Å²) in [6.45, 7) is 4.26. The van der Waals surface area contributed by atoms with Gasteiger partial charge in [0.1, 0.15) is 0 Å². The van der Waals surface area contributed by atoms with E-state index >= 15 is 0 Å². The number of hydrogen-bond acceptors (Lipinski definition) is 4. The van der Waals surface area contributed by atoms with E-state index in [1.165, 1.54) is 38.5 Å². The van der Waals surface area contributed by atoms with Crippen molar-refractivity contribution in [3.8, 4) is 0 Å². The summed E-state index contributed by atoms with van der Waals surface area (Å²) in [6.07, 6.45) is 9.93. The Labute approximate surface area is 143 Å². The van der Waals surface area contributed by atoms with Crippen molar-refractivity contribution in [2.24, 2.45) is 5.92 Å². The molecule has 0 N–H and O–H groups in total. The van der Waals surface area contributed by atoms with E-state index in [4.69, 9.17) is 9.72 Å². The van der Waals surface area contributed by atoms with Gasteiger partial charge in [-0.1, -0.05) is 45.4 Å². The molecule has 130 valence electrons. The Hall–Kier alpha value is -1.91. The van der Waals surface area contributed by atoms with Crippen LogP contribution in [-0.2, 0) is 17.6 Å². The number of aromatic nitrogens is 3. The van der Waals surface area contributed by atoms with Gasteiger partial charge in [0.25, 0.3) is 0 Å². The van der Waals surface area contributed by atoms with Crippen molar-refractivity contribution < 1.29 is 9.53 Å². The maximum Gasteiger partial charge on any atom is 0.358 e. The van der Waals surface area contributed by atoms with Gasteiger partial charge in [-0.25, -0.2) is 14.3 Å². The molecule has 1 fully saturated rings. The molecule has 0 aliphatic heterocycles. The van der Waals surface area contributed by atoms with Crippen LogP contribution >= 0.6 is 0 Å². The minimum absolute atomic E-state index is 0.339. The molecule has 0 bridgehead atoms. The van der Waals surface area contributed by atoms with Crippen LogP contribution in [0.15, 0.2) is 12.1 Å². The number of rotatable bonds is 5. The molecule has 5 heteroatoms. The summed E-state index contributed by atoms with van der Waals surface area (Å²) >= 11 is 0. The van der Waals surface area contributed by atoms with E-state index in [1.807, 2.05) is 0 Å². The number of hydrogen-bond donors (Lipinski definition) is 0. The molecular formula is C19H27N3O2. The van der Waals surface area contributed by atoms with Gasteiger partial charge in [-0.05, 0) is 31.7 Å². The maximum atomic E-state index is 11.9. The monoisotopic (exact) mass is 329 g/mol. The molecule has 24 heavy (non-hydrogen) atoms. The molecule has 0 radical (unpaired) electrons. The highest BCUT2D eigenvalue weighted by atomic mass is 16.5. The smallest absolute Gasteiger partial charge is 0.358 e. The predicted octanol–water partition coefficient (Wildman–Crippen LogP) is 3.98. The fourth-order valence-corrected chi connectivity index (χ4v) is 3.62. The van der Waals surface area contributed by atoms with Gasteiger partial charge in [0.2, 0.25) is 0 Å². The van der Waals surface area contributed by atoms with Crippen LogP contribution < -0.4 is 0 Å². The van der Waals surface area contributed by atoms with Crippen LogP contribution in [0.25, 0.3) is 5.65 Å². The molecule has 1 saturated carbocycles. The minimum atomic E-state index is -0.379. The highest BCUT2D eigenvalue weighted by Crippen LogP contribution is 2.26. The Morgan fingerprint density at radius 2 is 1.96 bits per heavy atom. The van der Waals surface area contributed by atoms with Gasteiger partial charge in [-0.3, -0.25) is 0 Å². The van der Waals surface area contributed by atoms with Crippen LogP contribution in [-0.4, -0.2) is 27.2 Å². The predicted molar refractivity (Wildman–Crippen MR) is 93.2 cm³/mol. The normalized spacial score (nSPS) is 16.2. The second-order valence-corrected chi connectivity index (χ2v) is 6.67. The van der Waals surface area contributed by atoms with Crippen LogP contribution in [0.3, 0.4) is 0 Å². The lowest BCUT2D eigenvalue weighted by molar-refractivity contribution is 0.0519. The van der Waals surface area contributed by atoms with Gasteiger partial charge in [0, 0.05) is 17.5 Å². The molecule has 1 aliphatic carbocycles. The lowest BCUT2D eigenvalue weighted by atomic mass is 9.94. The lowest BCUT2D eigenvalue weighted by Crippen LogP contribution is -2.09. The van der Waals surface area contributed by atoms with E-state index in [-0.39, 0.29) is 5.97 Å². The van der Waals surface area contributed by atoms with Gasteiger partial charge in [-0.15, -0.1) is 0 Å². The van der Waals surface area contributed by atoms with Crippen molar-refractivity contribution in [2.75, 3.05) is 6.61 Å². The SMILES string of the molecule is CCOC(=O)c1cc2nc(CC3CCCCCC3)cc(CC)n2n1. The van der Waals surface area contributed by atoms with Crippen LogP contribution in [0, 0.1) is 5.92 Å². The van der Waals surface area contributed by atoms with Crippen LogP contribution in [0.1, 0.15) is 74.2 Å². The summed E-state index contributed by atoms with van der Waals surface area (Å²) in [5, 5.41) is 4.38. The van der Waals surface area contributed by atoms with Crippen molar-refractivity contribution in [1.29, 1.82) is 0 Å². The van der Waals surface area contributed by atoms with Crippen LogP contribution in [0.5, 0.6) is 0 Å². The third-order valence-electron chi connectivity index (χ3n) is 4.87. The molecule has 2 heterocycles.